The first-order valence-corrected chi connectivity index (χ1v) is 5.43. The van der Waals surface area contributed by atoms with E-state index in [1.54, 1.807) is 0 Å². The molecule has 2 N–H and O–H groups in total. The van der Waals surface area contributed by atoms with E-state index in [2.05, 4.69) is 41.8 Å². The molecule has 1 fully saturated rings. The van der Waals surface area contributed by atoms with Gasteiger partial charge in [0.25, 0.3) is 0 Å². The summed E-state index contributed by atoms with van der Waals surface area (Å²) >= 11 is 0. The van der Waals surface area contributed by atoms with E-state index < -0.39 is 0 Å². The van der Waals surface area contributed by atoms with E-state index in [1.165, 1.54) is 11.1 Å². The SMILES string of the molecule is CCc1cccc([C@@H]2CNCCN2)c1. The molecular weight excluding hydrogens is 172 g/mol. The van der Waals surface area contributed by atoms with Gasteiger partial charge in [-0.2, -0.15) is 0 Å². The zero-order valence-electron chi connectivity index (χ0n) is 8.72. The first-order chi connectivity index (χ1) is 6.90. The van der Waals surface area contributed by atoms with Gasteiger partial charge in [-0.05, 0) is 17.5 Å². The van der Waals surface area contributed by atoms with Crippen LogP contribution in [0.4, 0.5) is 0 Å². The highest BCUT2D eigenvalue weighted by Crippen LogP contribution is 2.15. The van der Waals surface area contributed by atoms with Gasteiger partial charge in [0.15, 0.2) is 0 Å². The van der Waals surface area contributed by atoms with E-state index in [0.717, 1.165) is 26.1 Å². The molecule has 2 nitrogen and oxygen atoms in total. The maximum atomic E-state index is 3.52. The predicted molar refractivity (Wildman–Crippen MR) is 59.4 cm³/mol. The van der Waals surface area contributed by atoms with Gasteiger partial charge in [-0.25, -0.2) is 0 Å². The van der Waals surface area contributed by atoms with E-state index in [4.69, 9.17) is 0 Å². The maximum Gasteiger partial charge on any atom is 0.0447 e. The van der Waals surface area contributed by atoms with Gasteiger partial charge in [-0.3, -0.25) is 0 Å². The molecule has 0 aromatic heterocycles. The third-order valence-corrected chi connectivity index (χ3v) is 2.80. The Kier molecular flexibility index (Phi) is 3.17. The number of nitrogens with one attached hydrogen (secondary N) is 2. The Morgan fingerprint density at radius 1 is 1.36 bits per heavy atom. The Hall–Kier alpha value is -0.860. The standard InChI is InChI=1S/C12H18N2/c1-2-10-4-3-5-11(8-10)12-9-13-6-7-14-12/h3-5,8,12-14H,2,6-7,9H2,1H3/t12-/m0/s1. The molecule has 1 atom stereocenters. The summed E-state index contributed by atoms with van der Waals surface area (Å²) in [5.74, 6) is 0. The highest BCUT2D eigenvalue weighted by Gasteiger charge is 2.13. The molecule has 0 radical (unpaired) electrons. The van der Waals surface area contributed by atoms with Crippen LogP contribution in [-0.2, 0) is 6.42 Å². The van der Waals surface area contributed by atoms with Crippen LogP contribution >= 0.6 is 0 Å². The van der Waals surface area contributed by atoms with Crippen LogP contribution < -0.4 is 10.6 Å². The van der Waals surface area contributed by atoms with Crippen molar-refractivity contribution in [3.8, 4) is 0 Å². The molecule has 0 aliphatic carbocycles. The molecule has 0 saturated carbocycles. The maximum absolute atomic E-state index is 3.52. The highest BCUT2D eigenvalue weighted by atomic mass is 15.1. The van der Waals surface area contributed by atoms with E-state index in [0.29, 0.717) is 6.04 Å². The second-order valence-corrected chi connectivity index (χ2v) is 3.81. The number of rotatable bonds is 2. The molecule has 0 spiro atoms. The summed E-state index contributed by atoms with van der Waals surface area (Å²) < 4.78 is 0. The van der Waals surface area contributed by atoms with Gasteiger partial charge in [-0.1, -0.05) is 31.2 Å². The first kappa shape index (κ1) is 9.69. The monoisotopic (exact) mass is 190 g/mol. The van der Waals surface area contributed by atoms with Crippen molar-refractivity contribution in [2.24, 2.45) is 0 Å². The molecule has 1 aliphatic rings. The number of aryl methyl sites for hydroxylation is 1. The van der Waals surface area contributed by atoms with Crippen LogP contribution in [0.1, 0.15) is 24.1 Å². The second kappa shape index (κ2) is 4.58. The van der Waals surface area contributed by atoms with Crippen molar-refractivity contribution < 1.29 is 0 Å². The van der Waals surface area contributed by atoms with Crippen molar-refractivity contribution in [3.63, 3.8) is 0 Å². The molecule has 0 amide bonds. The molecule has 1 aromatic rings. The van der Waals surface area contributed by atoms with Crippen LogP contribution in [0.2, 0.25) is 0 Å². The van der Waals surface area contributed by atoms with Crippen molar-refractivity contribution in [2.45, 2.75) is 19.4 Å². The van der Waals surface area contributed by atoms with Gasteiger partial charge in [0, 0.05) is 25.7 Å². The lowest BCUT2D eigenvalue weighted by atomic mass is 10.0. The van der Waals surface area contributed by atoms with Crippen molar-refractivity contribution in [1.29, 1.82) is 0 Å². The largest absolute Gasteiger partial charge is 0.314 e. The first-order valence-electron chi connectivity index (χ1n) is 5.43. The second-order valence-electron chi connectivity index (χ2n) is 3.81. The van der Waals surface area contributed by atoms with Crippen molar-refractivity contribution in [2.75, 3.05) is 19.6 Å². The Bertz CT molecular complexity index is 290. The minimum absolute atomic E-state index is 0.496. The highest BCUT2D eigenvalue weighted by molar-refractivity contribution is 5.26. The molecule has 14 heavy (non-hydrogen) atoms. The normalized spacial score (nSPS) is 22.2. The number of hydrogen-bond donors (Lipinski definition) is 2. The molecule has 2 heteroatoms. The Balaban J connectivity index is 2.13. The summed E-state index contributed by atoms with van der Waals surface area (Å²) in [6, 6.07) is 9.37. The van der Waals surface area contributed by atoms with Gasteiger partial charge in [0.1, 0.15) is 0 Å². The number of piperazine rings is 1. The van der Waals surface area contributed by atoms with Crippen molar-refractivity contribution >= 4 is 0 Å². The van der Waals surface area contributed by atoms with Crippen LogP contribution in [0.15, 0.2) is 24.3 Å². The van der Waals surface area contributed by atoms with Crippen molar-refractivity contribution in [1.82, 2.24) is 10.6 Å². The minimum atomic E-state index is 0.496. The van der Waals surface area contributed by atoms with Gasteiger partial charge >= 0.3 is 0 Å². The fourth-order valence-electron chi connectivity index (χ4n) is 1.92. The van der Waals surface area contributed by atoms with Crippen LogP contribution in [-0.4, -0.2) is 19.6 Å². The smallest absolute Gasteiger partial charge is 0.0447 e. The lowest BCUT2D eigenvalue weighted by Crippen LogP contribution is -2.42. The Labute approximate surface area is 85.7 Å². The van der Waals surface area contributed by atoms with Crippen LogP contribution in [0, 0.1) is 0 Å². The van der Waals surface area contributed by atoms with Gasteiger partial charge < -0.3 is 10.6 Å². The quantitative estimate of drug-likeness (QED) is 0.738. The lowest BCUT2D eigenvalue weighted by molar-refractivity contribution is 0.430. The fourth-order valence-corrected chi connectivity index (χ4v) is 1.92. The number of benzene rings is 1. The third kappa shape index (κ3) is 2.14. The fraction of sp³-hybridized carbons (Fsp3) is 0.500. The van der Waals surface area contributed by atoms with Gasteiger partial charge in [0.05, 0.1) is 0 Å². The molecular formula is C12H18N2. The average molecular weight is 190 g/mol. The molecule has 1 heterocycles. The minimum Gasteiger partial charge on any atom is -0.314 e. The van der Waals surface area contributed by atoms with Gasteiger partial charge in [-0.15, -0.1) is 0 Å². The van der Waals surface area contributed by atoms with Crippen molar-refractivity contribution in [3.05, 3.63) is 35.4 Å². The van der Waals surface area contributed by atoms with Crippen LogP contribution in [0.5, 0.6) is 0 Å². The Morgan fingerprint density at radius 3 is 3.00 bits per heavy atom. The Morgan fingerprint density at radius 2 is 2.29 bits per heavy atom. The average Bonchev–Trinajstić information content (AvgIpc) is 2.30. The summed E-state index contributed by atoms with van der Waals surface area (Å²) in [5.41, 5.74) is 2.84. The molecule has 1 saturated heterocycles. The zero-order valence-corrected chi connectivity index (χ0v) is 8.72. The number of hydrogen-bond acceptors (Lipinski definition) is 2. The van der Waals surface area contributed by atoms with E-state index in [1.807, 2.05) is 0 Å². The summed E-state index contributed by atoms with van der Waals surface area (Å²) in [4.78, 5) is 0. The summed E-state index contributed by atoms with van der Waals surface area (Å²) in [5, 5.41) is 6.93. The lowest BCUT2D eigenvalue weighted by Gasteiger charge is -2.25. The molecule has 0 bridgehead atoms. The molecule has 1 aliphatic heterocycles. The van der Waals surface area contributed by atoms with E-state index in [-0.39, 0.29) is 0 Å². The van der Waals surface area contributed by atoms with Gasteiger partial charge in [0.2, 0.25) is 0 Å². The third-order valence-electron chi connectivity index (χ3n) is 2.80. The molecule has 0 unspecified atom stereocenters. The van der Waals surface area contributed by atoms with Crippen LogP contribution in [0.3, 0.4) is 0 Å². The summed E-state index contributed by atoms with van der Waals surface area (Å²) in [6.45, 7) is 5.41. The van der Waals surface area contributed by atoms with E-state index in [9.17, 15) is 0 Å². The molecule has 2 rings (SSSR count). The predicted octanol–water partition coefficient (Wildman–Crippen LogP) is 1.48. The molecule has 1 aromatic carbocycles. The van der Waals surface area contributed by atoms with E-state index >= 15 is 0 Å². The zero-order chi connectivity index (χ0) is 9.80. The molecule has 76 valence electrons. The topological polar surface area (TPSA) is 24.1 Å². The summed E-state index contributed by atoms with van der Waals surface area (Å²) in [6.07, 6.45) is 1.12. The summed E-state index contributed by atoms with van der Waals surface area (Å²) in [7, 11) is 0. The van der Waals surface area contributed by atoms with Crippen LogP contribution in [0.25, 0.3) is 0 Å².